The van der Waals surface area contributed by atoms with Gasteiger partial charge >= 0.3 is 0 Å². The van der Waals surface area contributed by atoms with E-state index in [1.165, 1.54) is 37.9 Å². The molecule has 1 saturated heterocycles. The van der Waals surface area contributed by atoms with Crippen LogP contribution in [0.25, 0.3) is 0 Å². The maximum Gasteiger partial charge on any atom is 0.0171 e. The minimum atomic E-state index is 0.834. The Bertz CT molecular complexity index is 198. The second-order valence-electron chi connectivity index (χ2n) is 5.44. The normalized spacial score (nSPS) is 38.1. The maximum atomic E-state index is 3.95. The monoisotopic (exact) mass is 211 g/mol. The summed E-state index contributed by atoms with van der Waals surface area (Å²) in [5, 5.41) is 4.84. The molecule has 80 valence electrons. The van der Waals surface area contributed by atoms with Gasteiger partial charge in [-0.05, 0) is 43.9 Å². The molecule has 2 heteroatoms. The summed E-state index contributed by atoms with van der Waals surface area (Å²) in [6, 6.07) is 1.74. The standard InChI is InChI=1S/C12H21NS/c1-8-6-11(7-14-8)13-12(9-2-3-9)10-4-5-10/h8-13H,2-7H2,1H3. The first-order valence-corrected chi connectivity index (χ1v) is 7.25. The van der Waals surface area contributed by atoms with E-state index in [9.17, 15) is 0 Å². The van der Waals surface area contributed by atoms with Crippen LogP contribution in [0.4, 0.5) is 0 Å². The van der Waals surface area contributed by atoms with E-state index < -0.39 is 0 Å². The van der Waals surface area contributed by atoms with Crippen molar-refractivity contribution < 1.29 is 0 Å². The topological polar surface area (TPSA) is 12.0 Å². The maximum absolute atomic E-state index is 3.95. The quantitative estimate of drug-likeness (QED) is 0.767. The van der Waals surface area contributed by atoms with Gasteiger partial charge in [-0.15, -0.1) is 0 Å². The highest BCUT2D eigenvalue weighted by Gasteiger charge is 2.42. The zero-order chi connectivity index (χ0) is 9.54. The summed E-state index contributed by atoms with van der Waals surface area (Å²) in [4.78, 5) is 0. The Balaban J connectivity index is 1.53. The summed E-state index contributed by atoms with van der Waals surface area (Å²) in [5.74, 6) is 3.48. The molecule has 0 aromatic carbocycles. The van der Waals surface area contributed by atoms with Gasteiger partial charge in [0.2, 0.25) is 0 Å². The highest BCUT2D eigenvalue weighted by atomic mass is 32.2. The first-order valence-electron chi connectivity index (χ1n) is 6.20. The van der Waals surface area contributed by atoms with Crippen molar-refractivity contribution in [1.29, 1.82) is 0 Å². The van der Waals surface area contributed by atoms with Crippen LogP contribution in [0, 0.1) is 11.8 Å². The third kappa shape index (κ3) is 2.11. The van der Waals surface area contributed by atoms with Crippen molar-refractivity contribution in [1.82, 2.24) is 5.32 Å². The number of thioether (sulfide) groups is 1. The molecule has 0 spiro atoms. The van der Waals surface area contributed by atoms with Crippen LogP contribution in [-0.2, 0) is 0 Å². The molecule has 2 unspecified atom stereocenters. The van der Waals surface area contributed by atoms with E-state index in [1.54, 1.807) is 0 Å². The minimum absolute atomic E-state index is 0.834. The second-order valence-corrected chi connectivity index (χ2v) is 6.92. The highest BCUT2D eigenvalue weighted by molar-refractivity contribution is 8.00. The first kappa shape index (κ1) is 9.53. The lowest BCUT2D eigenvalue weighted by Gasteiger charge is -2.22. The minimum Gasteiger partial charge on any atom is -0.310 e. The van der Waals surface area contributed by atoms with Crippen LogP contribution < -0.4 is 5.32 Å². The summed E-state index contributed by atoms with van der Waals surface area (Å²) in [6.07, 6.45) is 7.42. The fourth-order valence-electron chi connectivity index (χ4n) is 2.77. The smallest absolute Gasteiger partial charge is 0.0171 e. The Kier molecular flexibility index (Phi) is 2.53. The second kappa shape index (κ2) is 3.71. The molecule has 2 atom stereocenters. The van der Waals surface area contributed by atoms with Gasteiger partial charge in [-0.3, -0.25) is 0 Å². The van der Waals surface area contributed by atoms with Crippen LogP contribution >= 0.6 is 11.8 Å². The fourth-order valence-corrected chi connectivity index (χ4v) is 3.93. The predicted octanol–water partition coefficient (Wildman–Crippen LogP) is 2.66. The summed E-state index contributed by atoms with van der Waals surface area (Å²) in [5.41, 5.74) is 0. The molecule has 3 aliphatic rings. The van der Waals surface area contributed by atoms with Gasteiger partial charge in [0, 0.05) is 23.1 Å². The molecule has 1 aliphatic heterocycles. The van der Waals surface area contributed by atoms with Crippen LogP contribution in [0.15, 0.2) is 0 Å². The Labute approximate surface area is 91.4 Å². The Hall–Kier alpha value is 0.310. The average Bonchev–Trinajstić information content (AvgIpc) is 3.04. The summed E-state index contributed by atoms with van der Waals surface area (Å²) in [6.45, 7) is 2.37. The lowest BCUT2D eigenvalue weighted by atomic mass is 10.1. The van der Waals surface area contributed by atoms with E-state index in [-0.39, 0.29) is 0 Å². The molecule has 1 heterocycles. The van der Waals surface area contributed by atoms with Crippen LogP contribution in [0.2, 0.25) is 0 Å². The molecule has 14 heavy (non-hydrogen) atoms. The highest BCUT2D eigenvalue weighted by Crippen LogP contribution is 2.45. The van der Waals surface area contributed by atoms with E-state index in [1.807, 2.05) is 0 Å². The van der Waals surface area contributed by atoms with E-state index in [4.69, 9.17) is 0 Å². The van der Waals surface area contributed by atoms with Crippen molar-refractivity contribution in [2.24, 2.45) is 11.8 Å². The molecular weight excluding hydrogens is 190 g/mol. The number of hydrogen-bond acceptors (Lipinski definition) is 2. The molecule has 0 aromatic heterocycles. The van der Waals surface area contributed by atoms with Crippen molar-refractivity contribution in [3.63, 3.8) is 0 Å². The molecule has 3 rings (SSSR count). The lowest BCUT2D eigenvalue weighted by molar-refractivity contribution is 0.371. The van der Waals surface area contributed by atoms with Crippen molar-refractivity contribution in [3.05, 3.63) is 0 Å². The van der Waals surface area contributed by atoms with E-state index in [2.05, 4.69) is 24.0 Å². The number of rotatable bonds is 4. The Morgan fingerprint density at radius 1 is 1.14 bits per heavy atom. The van der Waals surface area contributed by atoms with Gasteiger partial charge < -0.3 is 5.32 Å². The van der Waals surface area contributed by atoms with Gasteiger partial charge in [-0.1, -0.05) is 6.92 Å². The van der Waals surface area contributed by atoms with Crippen molar-refractivity contribution in [2.75, 3.05) is 5.75 Å². The van der Waals surface area contributed by atoms with Crippen molar-refractivity contribution in [2.45, 2.75) is 56.4 Å². The molecule has 0 amide bonds. The third-order valence-corrected chi connectivity index (χ3v) is 5.24. The zero-order valence-electron chi connectivity index (χ0n) is 9.04. The number of nitrogens with one attached hydrogen (secondary N) is 1. The van der Waals surface area contributed by atoms with E-state index in [0.29, 0.717) is 0 Å². The molecular formula is C12H21NS. The molecule has 3 fully saturated rings. The van der Waals surface area contributed by atoms with Crippen LogP contribution in [0.1, 0.15) is 39.0 Å². The van der Waals surface area contributed by atoms with E-state index in [0.717, 1.165) is 29.2 Å². The van der Waals surface area contributed by atoms with Crippen LogP contribution in [0.3, 0.4) is 0 Å². The van der Waals surface area contributed by atoms with Gasteiger partial charge in [0.25, 0.3) is 0 Å². The van der Waals surface area contributed by atoms with Crippen molar-refractivity contribution >= 4 is 11.8 Å². The Morgan fingerprint density at radius 2 is 1.79 bits per heavy atom. The van der Waals surface area contributed by atoms with Crippen LogP contribution in [-0.4, -0.2) is 23.1 Å². The molecule has 2 saturated carbocycles. The van der Waals surface area contributed by atoms with Gasteiger partial charge in [0.15, 0.2) is 0 Å². The summed E-state index contributed by atoms with van der Waals surface area (Å²) < 4.78 is 0. The zero-order valence-corrected chi connectivity index (χ0v) is 9.85. The largest absolute Gasteiger partial charge is 0.310 e. The third-order valence-electron chi connectivity index (χ3n) is 3.89. The van der Waals surface area contributed by atoms with Crippen LogP contribution in [0.5, 0.6) is 0 Å². The van der Waals surface area contributed by atoms with Gasteiger partial charge in [-0.25, -0.2) is 0 Å². The SMILES string of the molecule is CC1CC(NC(C2CC2)C2CC2)CS1. The first-order chi connectivity index (χ1) is 6.83. The molecule has 0 radical (unpaired) electrons. The van der Waals surface area contributed by atoms with Gasteiger partial charge in [0.05, 0.1) is 0 Å². The summed E-state index contributed by atoms with van der Waals surface area (Å²) >= 11 is 2.15. The van der Waals surface area contributed by atoms with Gasteiger partial charge in [-0.2, -0.15) is 11.8 Å². The molecule has 0 bridgehead atoms. The average molecular weight is 211 g/mol. The predicted molar refractivity (Wildman–Crippen MR) is 62.7 cm³/mol. The molecule has 2 aliphatic carbocycles. The molecule has 1 nitrogen and oxygen atoms in total. The molecule has 1 N–H and O–H groups in total. The van der Waals surface area contributed by atoms with Crippen molar-refractivity contribution in [3.8, 4) is 0 Å². The molecule has 0 aromatic rings. The van der Waals surface area contributed by atoms with Gasteiger partial charge in [0.1, 0.15) is 0 Å². The number of hydrogen-bond donors (Lipinski definition) is 1. The van der Waals surface area contributed by atoms with E-state index >= 15 is 0 Å². The Morgan fingerprint density at radius 3 is 2.21 bits per heavy atom. The summed E-state index contributed by atoms with van der Waals surface area (Å²) in [7, 11) is 0. The lowest BCUT2D eigenvalue weighted by Crippen LogP contribution is -2.41. The fraction of sp³-hybridized carbons (Fsp3) is 1.00.